The molecule has 0 saturated carbocycles. The lowest BCUT2D eigenvalue weighted by atomic mass is 10.0. The fourth-order valence-corrected chi connectivity index (χ4v) is 3.23. The summed E-state index contributed by atoms with van der Waals surface area (Å²) in [4.78, 5) is 13.0. The second-order valence-electron chi connectivity index (χ2n) is 6.76. The molecule has 31 heavy (non-hydrogen) atoms. The van der Waals surface area contributed by atoms with Crippen LogP contribution in [-0.4, -0.2) is 25.8 Å². The molecule has 0 atom stereocenters. The van der Waals surface area contributed by atoms with Crippen molar-refractivity contribution in [1.82, 2.24) is 0 Å². The molecule has 0 radical (unpaired) electrons. The van der Waals surface area contributed by atoms with Crippen LogP contribution in [0.3, 0.4) is 0 Å². The van der Waals surface area contributed by atoms with E-state index in [4.69, 9.17) is 18.9 Å². The molecule has 0 amide bonds. The van der Waals surface area contributed by atoms with Gasteiger partial charge >= 0.3 is 5.97 Å². The van der Waals surface area contributed by atoms with Gasteiger partial charge in [-0.25, -0.2) is 4.79 Å². The van der Waals surface area contributed by atoms with Gasteiger partial charge in [0.05, 0.1) is 25.4 Å². The fraction of sp³-hybridized carbons (Fsp3) is 0.269. The van der Waals surface area contributed by atoms with Crippen LogP contribution in [0.5, 0.6) is 23.0 Å². The molecule has 3 aromatic rings. The molecule has 5 heteroatoms. The molecule has 3 aromatic carbocycles. The first-order valence-electron chi connectivity index (χ1n) is 10.6. The molecule has 0 aliphatic carbocycles. The molecule has 0 unspecified atom stereocenters. The van der Waals surface area contributed by atoms with Crippen LogP contribution < -0.4 is 18.9 Å². The largest absolute Gasteiger partial charge is 0.490 e. The van der Waals surface area contributed by atoms with E-state index < -0.39 is 5.97 Å². The zero-order valence-corrected chi connectivity index (χ0v) is 18.2. The molecule has 5 nitrogen and oxygen atoms in total. The fourth-order valence-electron chi connectivity index (χ4n) is 3.23. The highest BCUT2D eigenvalue weighted by Crippen LogP contribution is 2.39. The summed E-state index contributed by atoms with van der Waals surface area (Å²) in [5.41, 5.74) is 2.41. The van der Waals surface area contributed by atoms with Crippen molar-refractivity contribution in [2.45, 2.75) is 27.2 Å². The van der Waals surface area contributed by atoms with Crippen molar-refractivity contribution in [3.05, 3.63) is 83.4 Å². The third-order valence-electron chi connectivity index (χ3n) is 4.56. The number of hydrogen-bond acceptors (Lipinski definition) is 5. The molecule has 0 fully saturated rings. The summed E-state index contributed by atoms with van der Waals surface area (Å²) >= 11 is 0. The van der Waals surface area contributed by atoms with Crippen LogP contribution in [0.2, 0.25) is 0 Å². The minimum absolute atomic E-state index is 0.338. The van der Waals surface area contributed by atoms with Gasteiger partial charge in [0.15, 0.2) is 11.5 Å². The second kappa shape index (κ2) is 11.1. The summed E-state index contributed by atoms with van der Waals surface area (Å²) in [5.74, 6) is 1.46. The number of rotatable bonds is 10. The van der Waals surface area contributed by atoms with Crippen molar-refractivity contribution in [2.24, 2.45) is 0 Å². The maximum atomic E-state index is 13.0. The van der Waals surface area contributed by atoms with Crippen LogP contribution in [-0.2, 0) is 6.42 Å². The highest BCUT2D eigenvalue weighted by atomic mass is 16.5. The van der Waals surface area contributed by atoms with Crippen molar-refractivity contribution in [3.63, 3.8) is 0 Å². The molecule has 0 spiro atoms. The molecule has 0 bridgehead atoms. The van der Waals surface area contributed by atoms with E-state index in [-0.39, 0.29) is 0 Å². The van der Waals surface area contributed by atoms with Crippen LogP contribution in [0.4, 0.5) is 0 Å². The van der Waals surface area contributed by atoms with Crippen LogP contribution in [0.15, 0.2) is 66.7 Å². The van der Waals surface area contributed by atoms with Gasteiger partial charge in [-0.15, -0.1) is 0 Å². The standard InChI is InChI=1S/C26H28O5/c1-4-28-23-17-21(18-24(29-5-2)25(23)30-6-3)26(27)31-22-15-11-10-14-20(22)16-19-12-8-7-9-13-19/h7-15,17-18H,4-6,16H2,1-3H3. The van der Waals surface area contributed by atoms with Gasteiger partial charge in [-0.1, -0.05) is 48.5 Å². The van der Waals surface area contributed by atoms with Gasteiger partial charge in [-0.2, -0.15) is 0 Å². The summed E-state index contributed by atoms with van der Waals surface area (Å²) < 4.78 is 22.9. The zero-order valence-electron chi connectivity index (χ0n) is 18.2. The molecule has 3 rings (SSSR count). The van der Waals surface area contributed by atoms with Gasteiger partial charge in [0.1, 0.15) is 5.75 Å². The van der Waals surface area contributed by atoms with E-state index in [2.05, 4.69) is 0 Å². The summed E-state index contributed by atoms with van der Waals surface area (Å²) in [6, 6.07) is 20.9. The molecular formula is C26H28O5. The number of carbonyl (C=O) groups is 1. The molecule has 0 heterocycles. The van der Waals surface area contributed by atoms with Crippen molar-refractivity contribution >= 4 is 5.97 Å². The molecular weight excluding hydrogens is 392 g/mol. The Balaban J connectivity index is 1.90. The number of benzene rings is 3. The van der Waals surface area contributed by atoms with E-state index in [1.165, 1.54) is 0 Å². The van der Waals surface area contributed by atoms with Crippen LogP contribution in [0.25, 0.3) is 0 Å². The Morgan fingerprint density at radius 2 is 1.29 bits per heavy atom. The highest BCUT2D eigenvalue weighted by Gasteiger charge is 2.20. The van der Waals surface area contributed by atoms with Gasteiger partial charge in [-0.05, 0) is 50.1 Å². The lowest BCUT2D eigenvalue weighted by Gasteiger charge is -2.17. The van der Waals surface area contributed by atoms with Crippen LogP contribution >= 0.6 is 0 Å². The lowest BCUT2D eigenvalue weighted by Crippen LogP contribution is -2.12. The zero-order chi connectivity index (χ0) is 22.1. The molecule has 0 aliphatic rings. The first kappa shape index (κ1) is 22.2. The number of para-hydroxylation sites is 1. The Morgan fingerprint density at radius 3 is 1.90 bits per heavy atom. The van der Waals surface area contributed by atoms with E-state index in [1.807, 2.05) is 69.3 Å². The van der Waals surface area contributed by atoms with Crippen LogP contribution in [0.1, 0.15) is 42.3 Å². The number of hydrogen-bond donors (Lipinski definition) is 0. The number of esters is 1. The predicted octanol–water partition coefficient (Wildman–Crippen LogP) is 5.69. The topological polar surface area (TPSA) is 54.0 Å². The first-order valence-corrected chi connectivity index (χ1v) is 10.6. The van der Waals surface area contributed by atoms with Gasteiger partial charge < -0.3 is 18.9 Å². The Hall–Kier alpha value is -3.47. The third kappa shape index (κ3) is 5.79. The Bertz CT molecular complexity index is 971. The number of carbonyl (C=O) groups excluding carboxylic acids is 1. The van der Waals surface area contributed by atoms with E-state index >= 15 is 0 Å². The Kier molecular flexibility index (Phi) is 7.93. The minimum atomic E-state index is -0.481. The molecule has 0 aliphatic heterocycles. The first-order chi connectivity index (χ1) is 15.2. The summed E-state index contributed by atoms with van der Waals surface area (Å²) in [7, 11) is 0. The maximum Gasteiger partial charge on any atom is 0.343 e. The summed E-state index contributed by atoms with van der Waals surface area (Å²) in [6.07, 6.45) is 0.669. The predicted molar refractivity (Wildman–Crippen MR) is 121 cm³/mol. The molecule has 0 aromatic heterocycles. The van der Waals surface area contributed by atoms with Gasteiger partial charge in [0, 0.05) is 6.42 Å². The second-order valence-corrected chi connectivity index (χ2v) is 6.76. The van der Waals surface area contributed by atoms with Gasteiger partial charge in [0.25, 0.3) is 0 Å². The summed E-state index contributed by atoms with van der Waals surface area (Å²) in [5, 5.41) is 0. The smallest absolute Gasteiger partial charge is 0.343 e. The van der Waals surface area contributed by atoms with Crippen molar-refractivity contribution < 1.29 is 23.7 Å². The van der Waals surface area contributed by atoms with Crippen molar-refractivity contribution in [3.8, 4) is 23.0 Å². The average Bonchev–Trinajstić information content (AvgIpc) is 2.78. The average molecular weight is 421 g/mol. The van der Waals surface area contributed by atoms with E-state index in [0.29, 0.717) is 54.8 Å². The quantitative estimate of drug-likeness (QED) is 0.311. The van der Waals surface area contributed by atoms with Gasteiger partial charge in [-0.3, -0.25) is 0 Å². The molecule has 0 N–H and O–H groups in total. The van der Waals surface area contributed by atoms with E-state index in [9.17, 15) is 4.79 Å². The van der Waals surface area contributed by atoms with E-state index in [0.717, 1.165) is 11.1 Å². The molecule has 0 saturated heterocycles. The third-order valence-corrected chi connectivity index (χ3v) is 4.56. The Labute approximate surface area is 183 Å². The van der Waals surface area contributed by atoms with Crippen molar-refractivity contribution in [1.29, 1.82) is 0 Å². The highest BCUT2D eigenvalue weighted by molar-refractivity contribution is 5.93. The summed E-state index contributed by atoms with van der Waals surface area (Å²) in [6.45, 7) is 6.96. The normalized spacial score (nSPS) is 10.4. The SMILES string of the molecule is CCOc1cc(C(=O)Oc2ccccc2Cc2ccccc2)cc(OCC)c1OCC. The van der Waals surface area contributed by atoms with Crippen molar-refractivity contribution in [2.75, 3.05) is 19.8 Å². The maximum absolute atomic E-state index is 13.0. The molecule has 162 valence electrons. The van der Waals surface area contributed by atoms with Crippen LogP contribution in [0, 0.1) is 0 Å². The van der Waals surface area contributed by atoms with E-state index in [1.54, 1.807) is 18.2 Å². The Morgan fingerprint density at radius 1 is 0.710 bits per heavy atom. The lowest BCUT2D eigenvalue weighted by molar-refractivity contribution is 0.0732. The number of ether oxygens (including phenoxy) is 4. The minimum Gasteiger partial charge on any atom is -0.490 e. The monoisotopic (exact) mass is 420 g/mol. The van der Waals surface area contributed by atoms with Gasteiger partial charge in [0.2, 0.25) is 5.75 Å².